The molecule has 0 aliphatic carbocycles. The number of rotatable bonds is 41. The molecule has 0 bridgehead atoms. The van der Waals surface area contributed by atoms with E-state index in [1.54, 1.807) is 12.2 Å². The number of anilines is 1. The van der Waals surface area contributed by atoms with Crippen molar-refractivity contribution in [2.45, 2.75) is 192 Å². The minimum Gasteiger partial charge on any atom is -0.462 e. The number of nitrogen functional groups attached to an aromatic ring is 1. The van der Waals surface area contributed by atoms with Crippen LogP contribution in [0, 0.1) is 0 Å². The van der Waals surface area contributed by atoms with Crippen molar-refractivity contribution >= 4 is 39.2 Å². The fraction of sp³-hybridized carbons (Fsp3) is 0.660. The summed E-state index contributed by atoms with van der Waals surface area (Å²) in [5.74, 6) is -1.37. The molecule has 6 N–H and O–H groups in total. The number of phosphoric acid groups is 2. The fourth-order valence-corrected chi connectivity index (χ4v) is 9.18. The maximum atomic E-state index is 12.9. The summed E-state index contributed by atoms with van der Waals surface area (Å²) in [5.41, 5.74) is 4.57. The number of phosphoric ester groups is 2. The van der Waals surface area contributed by atoms with Crippen LogP contribution in [0.3, 0.4) is 0 Å². The number of esters is 2. The first-order valence-electron chi connectivity index (χ1n) is 25.3. The Morgan fingerprint density at radius 1 is 0.718 bits per heavy atom. The molecule has 2 unspecified atom stereocenters. The number of ether oxygens (including phenoxy) is 3. The monoisotopic (exact) mass is 1040 g/mol. The number of ketones is 1. The van der Waals surface area contributed by atoms with Crippen molar-refractivity contribution in [2.75, 3.05) is 25.6 Å². The predicted octanol–water partition coefficient (Wildman–Crippen LogP) is 9.51. The average Bonchev–Trinajstić information content (AvgIpc) is 3.60. The van der Waals surface area contributed by atoms with E-state index in [0.29, 0.717) is 25.7 Å². The van der Waals surface area contributed by atoms with Crippen molar-refractivity contribution in [2.24, 2.45) is 0 Å². The quantitative estimate of drug-likeness (QED) is 0.0102. The summed E-state index contributed by atoms with van der Waals surface area (Å²) in [5, 5.41) is 20.9. The van der Waals surface area contributed by atoms with E-state index in [4.69, 9.17) is 29.0 Å². The van der Waals surface area contributed by atoms with Crippen LogP contribution in [0.15, 0.2) is 77.8 Å². The second-order valence-corrected chi connectivity index (χ2v) is 20.4. The molecule has 1 fully saturated rings. The summed E-state index contributed by atoms with van der Waals surface area (Å²) in [6.45, 7) is 1.93. The Balaban J connectivity index is 1.84. The summed E-state index contributed by atoms with van der Waals surface area (Å²) in [4.78, 5) is 74.0. The Morgan fingerprint density at radius 2 is 1.27 bits per heavy atom. The van der Waals surface area contributed by atoms with Crippen molar-refractivity contribution in [3.63, 3.8) is 0 Å². The van der Waals surface area contributed by atoms with Crippen LogP contribution in [-0.2, 0) is 51.1 Å². The number of aliphatic hydroxyl groups excluding tert-OH is 2. The van der Waals surface area contributed by atoms with E-state index >= 15 is 0 Å². The molecule has 0 radical (unpaired) electrons. The molecule has 71 heavy (non-hydrogen) atoms. The van der Waals surface area contributed by atoms with E-state index in [1.165, 1.54) is 31.7 Å². The van der Waals surface area contributed by atoms with Gasteiger partial charge in [0.25, 0.3) is 0 Å². The van der Waals surface area contributed by atoms with E-state index in [2.05, 4.69) is 65.7 Å². The molecule has 0 aromatic carbocycles. The predicted molar refractivity (Wildman–Crippen MR) is 271 cm³/mol. The third-order valence-electron chi connectivity index (χ3n) is 11.1. The number of aromatic nitrogens is 2. The van der Waals surface area contributed by atoms with Gasteiger partial charge < -0.3 is 39.9 Å². The zero-order valence-corrected chi connectivity index (χ0v) is 43.5. The zero-order valence-electron chi connectivity index (χ0n) is 41.8. The number of nitrogens with two attached hydrogens (primary N) is 1. The van der Waals surface area contributed by atoms with Gasteiger partial charge in [0, 0.05) is 25.5 Å². The first kappa shape index (κ1) is 63.2. The molecule has 1 aromatic heterocycles. The SMILES string of the molecule is CCCCC/C=C\C=C\C(=O)CCCCCCCC(=O)OC[C@H](COP(=O)(O)OP(=O)(O)OC[C@H]1O[C@@H](n2ccc(N)nc2=O)[C@H](O)[C@@H]1O)OC(=O)CCCCCC/C=C\C/C=C\C/C=C\CCCCC. The number of hydrogen-bond donors (Lipinski definition) is 5. The van der Waals surface area contributed by atoms with Crippen LogP contribution in [0.2, 0.25) is 0 Å². The number of nitrogens with zero attached hydrogens (tertiary/aromatic N) is 2. The van der Waals surface area contributed by atoms with Crippen molar-refractivity contribution < 1.29 is 71.1 Å². The summed E-state index contributed by atoms with van der Waals surface area (Å²) in [7, 11) is -10.9. The van der Waals surface area contributed by atoms with Gasteiger partial charge in [0.1, 0.15) is 30.7 Å². The molecule has 19 nitrogen and oxygen atoms in total. The maximum Gasteiger partial charge on any atom is 0.481 e. The standard InChI is InChI=1S/C50H81N3O16P2/c1-3-5-7-9-11-12-13-14-15-16-17-18-19-20-22-26-31-35-46(56)67-42(38-64-45(55)34-30-27-23-25-29-33-41(54)32-28-24-21-10-8-6-4-2)39-65-70(60,61)69-71(62,63)66-40-43-47(57)48(58)49(68-43)53-37-36-44(51)52-50(53)59/h11-12,14-15,17-18,21,24,28,32,36-37,42-43,47-49,57-58H,3-10,13,16,19-20,22-23,25-27,29-31,33-35,38-40H2,1-2H3,(H,60,61)(H,62,63)(H2,51,52,59)/b12-11-,15-14-,18-17-,24-21-,32-28+/t42-,43-,47-,48-,49-/m1/s1. The molecular formula is C50H81N3O16P2. The van der Waals surface area contributed by atoms with Gasteiger partial charge in [-0.1, -0.05) is 126 Å². The van der Waals surface area contributed by atoms with Gasteiger partial charge in [-0.3, -0.25) is 28.0 Å². The van der Waals surface area contributed by atoms with E-state index < -0.39 is 83.7 Å². The number of hydrogen-bond acceptors (Lipinski definition) is 16. The molecule has 1 aliphatic rings. The summed E-state index contributed by atoms with van der Waals surface area (Å²) >= 11 is 0. The lowest BCUT2D eigenvalue weighted by atomic mass is 10.1. The Morgan fingerprint density at radius 3 is 1.90 bits per heavy atom. The third kappa shape index (κ3) is 30.7. The number of carbonyl (C=O) groups excluding carboxylic acids is 3. The van der Waals surface area contributed by atoms with Gasteiger partial charge in [-0.05, 0) is 82.8 Å². The number of aliphatic hydroxyl groups is 2. The molecular weight excluding hydrogens is 961 g/mol. The summed E-state index contributed by atoms with van der Waals surface area (Å²) < 4.78 is 56.6. The molecule has 0 spiro atoms. The number of allylic oxidation sites excluding steroid dienone is 10. The highest BCUT2D eigenvalue weighted by atomic mass is 31.3. The molecule has 0 amide bonds. The molecule has 1 saturated heterocycles. The van der Waals surface area contributed by atoms with Crippen LogP contribution in [0.1, 0.15) is 168 Å². The van der Waals surface area contributed by atoms with Gasteiger partial charge >= 0.3 is 33.3 Å². The number of unbranched alkanes of at least 4 members (excludes halogenated alkanes) is 14. The molecule has 0 saturated carbocycles. The Hall–Kier alpha value is -3.87. The third-order valence-corrected chi connectivity index (χ3v) is 13.7. The first-order chi connectivity index (χ1) is 34.1. The normalized spacial score (nSPS) is 19.6. The van der Waals surface area contributed by atoms with E-state index in [9.17, 15) is 48.3 Å². The van der Waals surface area contributed by atoms with Crippen LogP contribution < -0.4 is 11.4 Å². The van der Waals surface area contributed by atoms with Crippen molar-refractivity contribution in [3.8, 4) is 0 Å². The highest BCUT2D eigenvalue weighted by molar-refractivity contribution is 7.61. The lowest BCUT2D eigenvalue weighted by molar-refractivity contribution is -0.161. The maximum absolute atomic E-state index is 12.9. The van der Waals surface area contributed by atoms with Gasteiger partial charge in [-0.2, -0.15) is 9.29 Å². The molecule has 2 heterocycles. The van der Waals surface area contributed by atoms with Gasteiger partial charge in [0.05, 0.1) is 13.2 Å². The second-order valence-electron chi connectivity index (χ2n) is 17.3. The van der Waals surface area contributed by atoms with E-state index in [1.807, 2.05) is 6.08 Å². The molecule has 1 aromatic rings. The lowest BCUT2D eigenvalue weighted by Gasteiger charge is -2.21. The van der Waals surface area contributed by atoms with Crippen molar-refractivity contribution in [3.05, 3.63) is 83.5 Å². The van der Waals surface area contributed by atoms with Crippen molar-refractivity contribution in [1.82, 2.24) is 9.55 Å². The van der Waals surface area contributed by atoms with Crippen LogP contribution >= 0.6 is 15.6 Å². The van der Waals surface area contributed by atoms with Crippen molar-refractivity contribution in [1.29, 1.82) is 0 Å². The highest BCUT2D eigenvalue weighted by Gasteiger charge is 2.46. The topological polar surface area (TPSA) is 283 Å². The first-order valence-corrected chi connectivity index (χ1v) is 28.2. The highest BCUT2D eigenvalue weighted by Crippen LogP contribution is 2.60. The smallest absolute Gasteiger partial charge is 0.462 e. The Kier molecular flexibility index (Phi) is 33.7. The molecule has 1 aliphatic heterocycles. The van der Waals surface area contributed by atoms with E-state index in [-0.39, 0.29) is 24.4 Å². The average molecular weight is 1040 g/mol. The van der Waals surface area contributed by atoms with Gasteiger partial charge in [-0.15, -0.1) is 0 Å². The number of carbonyl (C=O) groups is 3. The Bertz CT molecular complexity index is 1990. The van der Waals surface area contributed by atoms with Gasteiger partial charge in [0.15, 0.2) is 18.1 Å². The van der Waals surface area contributed by atoms with Crippen LogP contribution in [-0.4, -0.2) is 91.5 Å². The lowest BCUT2D eigenvalue weighted by Crippen LogP contribution is -2.36. The largest absolute Gasteiger partial charge is 0.481 e. The van der Waals surface area contributed by atoms with E-state index in [0.717, 1.165) is 94.2 Å². The molecule has 402 valence electrons. The molecule has 21 heteroatoms. The fourth-order valence-electron chi connectivity index (χ4n) is 7.06. The molecule has 2 rings (SSSR count). The molecule has 7 atom stereocenters. The van der Waals surface area contributed by atoms with Crippen LogP contribution in [0.25, 0.3) is 0 Å². The van der Waals surface area contributed by atoms with Crippen LogP contribution in [0.5, 0.6) is 0 Å². The van der Waals surface area contributed by atoms with Crippen LogP contribution in [0.4, 0.5) is 5.82 Å². The van der Waals surface area contributed by atoms with Gasteiger partial charge in [0.2, 0.25) is 0 Å². The zero-order chi connectivity index (χ0) is 52.2. The summed E-state index contributed by atoms with van der Waals surface area (Å²) in [6.07, 6.45) is 32.6. The minimum absolute atomic E-state index is 0.00270. The Labute approximate surface area is 419 Å². The second kappa shape index (κ2) is 37.8. The minimum atomic E-state index is -5.45. The summed E-state index contributed by atoms with van der Waals surface area (Å²) in [6, 6.07) is 1.24. The van der Waals surface area contributed by atoms with Gasteiger partial charge in [-0.25, -0.2) is 13.9 Å².